The van der Waals surface area contributed by atoms with Crippen LogP contribution in [0.4, 0.5) is 0 Å². The number of aliphatic hydroxyl groups is 1. The Balaban J connectivity index is 1.83. The summed E-state index contributed by atoms with van der Waals surface area (Å²) in [4.78, 5) is 2.50. The van der Waals surface area contributed by atoms with E-state index in [1.54, 1.807) is 0 Å². The minimum atomic E-state index is 0.338. The highest BCUT2D eigenvalue weighted by Gasteiger charge is 2.20. The Bertz CT molecular complexity index is 355. The van der Waals surface area contributed by atoms with Gasteiger partial charge in [-0.2, -0.15) is 0 Å². The molecule has 19 heavy (non-hydrogen) atoms. The van der Waals surface area contributed by atoms with E-state index in [1.165, 1.54) is 24.9 Å². The number of nitrogens with one attached hydrogen (secondary N) is 1. The van der Waals surface area contributed by atoms with Gasteiger partial charge in [0, 0.05) is 19.2 Å². The van der Waals surface area contributed by atoms with E-state index in [9.17, 15) is 5.11 Å². The molecule has 106 valence electrons. The van der Waals surface area contributed by atoms with Crippen molar-refractivity contribution >= 4 is 0 Å². The van der Waals surface area contributed by atoms with E-state index in [0.29, 0.717) is 18.6 Å². The monoisotopic (exact) mass is 262 g/mol. The maximum atomic E-state index is 9.27. The molecular formula is C16H26N2O. The smallest absolute Gasteiger partial charge is 0.0471 e. The lowest BCUT2D eigenvalue weighted by Gasteiger charge is -2.32. The molecule has 1 aliphatic heterocycles. The molecule has 0 radical (unpaired) electrons. The highest BCUT2D eigenvalue weighted by molar-refractivity contribution is 5.18. The van der Waals surface area contributed by atoms with Crippen LogP contribution in [-0.2, 0) is 0 Å². The number of hydrogen-bond donors (Lipinski definition) is 2. The largest absolute Gasteiger partial charge is 0.396 e. The van der Waals surface area contributed by atoms with Gasteiger partial charge in [0.1, 0.15) is 0 Å². The van der Waals surface area contributed by atoms with Crippen LogP contribution in [0.1, 0.15) is 30.9 Å². The quantitative estimate of drug-likeness (QED) is 0.823. The first-order chi connectivity index (χ1) is 9.33. The van der Waals surface area contributed by atoms with Crippen molar-refractivity contribution in [1.82, 2.24) is 10.2 Å². The first-order valence-corrected chi connectivity index (χ1v) is 7.39. The number of rotatable bonds is 6. The Labute approximate surface area is 116 Å². The van der Waals surface area contributed by atoms with Crippen molar-refractivity contribution in [3.63, 3.8) is 0 Å². The maximum Gasteiger partial charge on any atom is 0.0471 e. The van der Waals surface area contributed by atoms with Gasteiger partial charge < -0.3 is 15.3 Å². The number of aliphatic hydroxyl groups excluding tert-OH is 1. The molecule has 1 aliphatic rings. The fourth-order valence-corrected chi connectivity index (χ4v) is 2.98. The van der Waals surface area contributed by atoms with Crippen LogP contribution in [0.3, 0.4) is 0 Å². The summed E-state index contributed by atoms with van der Waals surface area (Å²) in [6.07, 6.45) is 3.53. The normalized spacial score (nSPS) is 22.3. The second-order valence-electron chi connectivity index (χ2n) is 5.53. The van der Waals surface area contributed by atoms with E-state index in [4.69, 9.17) is 0 Å². The summed E-state index contributed by atoms with van der Waals surface area (Å²) in [7, 11) is 2.03. The van der Waals surface area contributed by atoms with Gasteiger partial charge in [-0.05, 0) is 50.9 Å². The Kier molecular flexibility index (Phi) is 5.83. The van der Waals surface area contributed by atoms with E-state index in [2.05, 4.69) is 40.5 Å². The molecule has 0 aliphatic carbocycles. The number of likely N-dealkylation sites (tertiary alicyclic amines) is 1. The highest BCUT2D eigenvalue weighted by Crippen LogP contribution is 2.20. The van der Waals surface area contributed by atoms with Gasteiger partial charge in [0.15, 0.2) is 0 Å². The second kappa shape index (κ2) is 7.63. The molecule has 2 atom stereocenters. The molecule has 1 aromatic rings. The van der Waals surface area contributed by atoms with Crippen LogP contribution in [0.15, 0.2) is 30.3 Å². The molecule has 1 saturated heterocycles. The van der Waals surface area contributed by atoms with Gasteiger partial charge in [-0.25, -0.2) is 0 Å². The predicted molar refractivity (Wildman–Crippen MR) is 79.1 cm³/mol. The van der Waals surface area contributed by atoms with Crippen LogP contribution in [-0.4, -0.2) is 43.3 Å². The molecule has 2 rings (SSSR count). The number of hydrogen-bond acceptors (Lipinski definition) is 3. The standard InChI is InChI=1S/C16H26N2O/c1-17-16(15-7-3-2-4-8-15)9-11-18-10-5-6-14(12-18)13-19/h2-4,7-8,14,16-17,19H,5-6,9-13H2,1H3. The van der Waals surface area contributed by atoms with E-state index >= 15 is 0 Å². The van der Waals surface area contributed by atoms with E-state index < -0.39 is 0 Å². The molecule has 2 unspecified atom stereocenters. The molecule has 0 aromatic heterocycles. The lowest BCUT2D eigenvalue weighted by molar-refractivity contribution is 0.117. The topological polar surface area (TPSA) is 35.5 Å². The zero-order valence-corrected chi connectivity index (χ0v) is 11.9. The Morgan fingerprint density at radius 2 is 2.16 bits per heavy atom. The number of nitrogens with zero attached hydrogens (tertiary/aromatic N) is 1. The van der Waals surface area contributed by atoms with Crippen LogP contribution in [0.25, 0.3) is 0 Å². The molecule has 0 spiro atoms. The molecule has 0 bridgehead atoms. The van der Waals surface area contributed by atoms with Gasteiger partial charge in [-0.1, -0.05) is 30.3 Å². The summed E-state index contributed by atoms with van der Waals surface area (Å²) in [5, 5.41) is 12.7. The lowest BCUT2D eigenvalue weighted by Crippen LogP contribution is -2.38. The number of piperidine rings is 1. The van der Waals surface area contributed by atoms with Crippen molar-refractivity contribution in [3.8, 4) is 0 Å². The third kappa shape index (κ3) is 4.30. The van der Waals surface area contributed by atoms with Crippen molar-refractivity contribution < 1.29 is 5.11 Å². The van der Waals surface area contributed by atoms with Crippen LogP contribution in [0.5, 0.6) is 0 Å². The third-order valence-electron chi connectivity index (χ3n) is 4.15. The van der Waals surface area contributed by atoms with Gasteiger partial charge in [0.2, 0.25) is 0 Å². The molecule has 0 saturated carbocycles. The van der Waals surface area contributed by atoms with Crippen molar-refractivity contribution in [1.29, 1.82) is 0 Å². The summed E-state index contributed by atoms with van der Waals surface area (Å²) in [5.41, 5.74) is 1.36. The first kappa shape index (κ1) is 14.5. The van der Waals surface area contributed by atoms with Crippen molar-refractivity contribution in [3.05, 3.63) is 35.9 Å². The van der Waals surface area contributed by atoms with Crippen molar-refractivity contribution in [2.45, 2.75) is 25.3 Å². The minimum Gasteiger partial charge on any atom is -0.396 e. The van der Waals surface area contributed by atoms with E-state index in [0.717, 1.165) is 19.5 Å². The Hall–Kier alpha value is -0.900. The van der Waals surface area contributed by atoms with Gasteiger partial charge in [0.05, 0.1) is 0 Å². The molecule has 3 nitrogen and oxygen atoms in total. The van der Waals surface area contributed by atoms with Crippen LogP contribution in [0.2, 0.25) is 0 Å². The van der Waals surface area contributed by atoms with Crippen molar-refractivity contribution in [2.75, 3.05) is 33.3 Å². The maximum absolute atomic E-state index is 9.27. The average Bonchev–Trinajstić information content (AvgIpc) is 2.49. The fourth-order valence-electron chi connectivity index (χ4n) is 2.98. The summed E-state index contributed by atoms with van der Waals surface area (Å²) >= 11 is 0. The van der Waals surface area contributed by atoms with Crippen molar-refractivity contribution in [2.24, 2.45) is 5.92 Å². The average molecular weight is 262 g/mol. The molecule has 2 N–H and O–H groups in total. The molecule has 1 heterocycles. The minimum absolute atomic E-state index is 0.338. The Morgan fingerprint density at radius 3 is 2.84 bits per heavy atom. The lowest BCUT2D eigenvalue weighted by atomic mass is 9.98. The highest BCUT2D eigenvalue weighted by atomic mass is 16.3. The van der Waals surface area contributed by atoms with Gasteiger partial charge >= 0.3 is 0 Å². The van der Waals surface area contributed by atoms with E-state index in [1.807, 2.05) is 7.05 Å². The van der Waals surface area contributed by atoms with E-state index in [-0.39, 0.29) is 0 Å². The van der Waals surface area contributed by atoms with Gasteiger partial charge in [0.25, 0.3) is 0 Å². The Morgan fingerprint density at radius 1 is 1.37 bits per heavy atom. The fraction of sp³-hybridized carbons (Fsp3) is 0.625. The summed E-state index contributed by atoms with van der Waals surface area (Å²) in [6, 6.07) is 11.1. The van der Waals surface area contributed by atoms with Crippen LogP contribution < -0.4 is 5.32 Å². The summed E-state index contributed by atoms with van der Waals surface area (Å²) in [5.74, 6) is 0.485. The summed E-state index contributed by atoms with van der Waals surface area (Å²) in [6.45, 7) is 3.69. The molecular weight excluding hydrogens is 236 g/mol. The zero-order valence-electron chi connectivity index (χ0n) is 11.9. The number of benzene rings is 1. The molecule has 1 aromatic carbocycles. The first-order valence-electron chi connectivity index (χ1n) is 7.39. The third-order valence-corrected chi connectivity index (χ3v) is 4.15. The summed E-state index contributed by atoms with van der Waals surface area (Å²) < 4.78 is 0. The van der Waals surface area contributed by atoms with Gasteiger partial charge in [-0.3, -0.25) is 0 Å². The molecule has 0 amide bonds. The van der Waals surface area contributed by atoms with Crippen LogP contribution >= 0.6 is 0 Å². The molecule has 1 fully saturated rings. The van der Waals surface area contributed by atoms with Gasteiger partial charge in [-0.15, -0.1) is 0 Å². The predicted octanol–water partition coefficient (Wildman–Crippen LogP) is 2.04. The van der Waals surface area contributed by atoms with Crippen LogP contribution in [0, 0.1) is 5.92 Å². The second-order valence-corrected chi connectivity index (χ2v) is 5.53. The zero-order chi connectivity index (χ0) is 13.5. The SMILES string of the molecule is CNC(CCN1CCCC(CO)C1)c1ccccc1. The molecule has 3 heteroatoms.